The molecule has 0 fully saturated rings. The average molecular weight is 418 g/mol. The Kier molecular flexibility index (Phi) is 6.92. The molecule has 0 aliphatic carbocycles. The minimum Gasteiger partial charge on any atom is -0.495 e. The number of nitrogens with one attached hydrogen (secondary N) is 1. The Morgan fingerprint density at radius 3 is 2.10 bits per heavy atom. The van der Waals surface area contributed by atoms with Gasteiger partial charge in [0.1, 0.15) is 5.75 Å². The fourth-order valence-electron chi connectivity index (χ4n) is 3.30. The number of benzene rings is 3. The summed E-state index contributed by atoms with van der Waals surface area (Å²) in [5.41, 5.74) is 4.12. The number of hydrogen-bond donors (Lipinski definition) is 1. The number of carbonyl (C=O) groups excluding carboxylic acids is 2. The van der Waals surface area contributed by atoms with Gasteiger partial charge < -0.3 is 15.0 Å². The molecule has 0 atom stereocenters. The number of carbonyl (C=O) groups is 2. The number of nitrogens with zero attached hydrogens (tertiary/aromatic N) is 2. The Bertz CT molecular complexity index is 1060. The van der Waals surface area contributed by atoms with Crippen LogP contribution in [0.2, 0.25) is 0 Å². The summed E-state index contributed by atoms with van der Waals surface area (Å²) in [5, 5.41) is 2.89. The molecule has 0 aromatic heterocycles. The molecule has 3 aromatic rings. The summed E-state index contributed by atoms with van der Waals surface area (Å²) in [5.74, 6) is 0.592. The van der Waals surface area contributed by atoms with E-state index >= 15 is 0 Å². The zero-order chi connectivity index (χ0) is 22.4. The lowest BCUT2D eigenvalue weighted by Crippen LogP contribution is -2.31. The van der Waals surface area contributed by atoms with E-state index in [1.165, 1.54) is 0 Å². The highest BCUT2D eigenvalue weighted by Gasteiger charge is 2.16. The van der Waals surface area contributed by atoms with E-state index in [0.717, 1.165) is 22.5 Å². The van der Waals surface area contributed by atoms with Gasteiger partial charge >= 0.3 is 6.03 Å². The predicted molar refractivity (Wildman–Crippen MR) is 125 cm³/mol. The molecule has 6 heteroatoms. The van der Waals surface area contributed by atoms with Gasteiger partial charge in [0.2, 0.25) is 5.91 Å². The summed E-state index contributed by atoms with van der Waals surface area (Å²) in [6, 6.07) is 22.2. The van der Waals surface area contributed by atoms with Crippen molar-refractivity contribution in [2.75, 3.05) is 36.3 Å². The van der Waals surface area contributed by atoms with Crippen LogP contribution in [0.5, 0.6) is 5.75 Å². The van der Waals surface area contributed by atoms with Gasteiger partial charge in [0.15, 0.2) is 0 Å². The molecule has 0 unspecified atom stereocenters. The largest absolute Gasteiger partial charge is 0.495 e. The van der Waals surface area contributed by atoms with Crippen LogP contribution >= 0.6 is 0 Å². The molecule has 1 N–H and O–H groups in total. The van der Waals surface area contributed by atoms with E-state index in [1.807, 2.05) is 67.6 Å². The summed E-state index contributed by atoms with van der Waals surface area (Å²) < 4.78 is 5.34. The Morgan fingerprint density at radius 1 is 0.839 bits per heavy atom. The first-order valence-electron chi connectivity index (χ1n) is 9.99. The summed E-state index contributed by atoms with van der Waals surface area (Å²) in [6.07, 6.45) is 0.242. The van der Waals surface area contributed by atoms with E-state index in [1.54, 1.807) is 43.1 Å². The van der Waals surface area contributed by atoms with Crippen molar-refractivity contribution < 1.29 is 14.3 Å². The third kappa shape index (κ3) is 5.22. The van der Waals surface area contributed by atoms with Crippen molar-refractivity contribution in [1.82, 2.24) is 0 Å². The second kappa shape index (κ2) is 9.80. The summed E-state index contributed by atoms with van der Waals surface area (Å²) in [7, 11) is 5.05. The van der Waals surface area contributed by atoms with Crippen molar-refractivity contribution in [2.45, 2.75) is 13.3 Å². The zero-order valence-corrected chi connectivity index (χ0v) is 18.3. The van der Waals surface area contributed by atoms with Gasteiger partial charge in [-0.2, -0.15) is 0 Å². The van der Waals surface area contributed by atoms with E-state index in [9.17, 15) is 9.59 Å². The third-order valence-electron chi connectivity index (χ3n) is 5.16. The van der Waals surface area contributed by atoms with Gasteiger partial charge in [-0.25, -0.2) is 4.79 Å². The highest BCUT2D eigenvalue weighted by Crippen LogP contribution is 2.27. The fraction of sp³-hybridized carbons (Fsp3) is 0.200. The van der Waals surface area contributed by atoms with Crippen LogP contribution in [-0.2, 0) is 11.2 Å². The number of urea groups is 1. The number of para-hydroxylation sites is 3. The fourth-order valence-corrected chi connectivity index (χ4v) is 3.30. The van der Waals surface area contributed by atoms with Crippen LogP contribution in [0.1, 0.15) is 11.1 Å². The van der Waals surface area contributed by atoms with Gasteiger partial charge in [0.05, 0.1) is 19.2 Å². The monoisotopic (exact) mass is 417 g/mol. The number of aryl methyl sites for hydroxylation is 1. The van der Waals surface area contributed by atoms with Gasteiger partial charge in [-0.1, -0.05) is 42.5 Å². The van der Waals surface area contributed by atoms with Crippen LogP contribution in [0.4, 0.5) is 21.9 Å². The molecular weight excluding hydrogens is 390 g/mol. The molecule has 0 bridgehead atoms. The average Bonchev–Trinajstić information content (AvgIpc) is 2.79. The molecule has 0 spiro atoms. The minimum absolute atomic E-state index is 0.0550. The van der Waals surface area contributed by atoms with Crippen molar-refractivity contribution in [2.24, 2.45) is 0 Å². The number of anilines is 3. The molecule has 6 nitrogen and oxygen atoms in total. The Morgan fingerprint density at radius 2 is 1.45 bits per heavy atom. The Balaban J connectivity index is 1.63. The molecule has 3 amide bonds. The van der Waals surface area contributed by atoms with Gasteiger partial charge in [-0.3, -0.25) is 9.69 Å². The van der Waals surface area contributed by atoms with Crippen LogP contribution in [0, 0.1) is 6.92 Å². The summed E-state index contributed by atoms with van der Waals surface area (Å²) in [6.45, 7) is 1.97. The molecule has 31 heavy (non-hydrogen) atoms. The zero-order valence-electron chi connectivity index (χ0n) is 18.3. The standard InChI is InChI=1S/C25H27N3O3/c1-18-9-5-6-10-21(18)28(3)25(30)26-20-15-13-19(14-16-20)17-24(29)27(2)22-11-7-8-12-23(22)31-4/h5-16H,17H2,1-4H3,(H,26,30). The molecule has 160 valence electrons. The van der Waals surface area contributed by atoms with Crippen molar-refractivity contribution in [3.8, 4) is 5.75 Å². The van der Waals surface area contributed by atoms with E-state index < -0.39 is 0 Å². The van der Waals surface area contributed by atoms with E-state index in [0.29, 0.717) is 11.4 Å². The lowest BCUT2D eigenvalue weighted by Gasteiger charge is -2.21. The van der Waals surface area contributed by atoms with Crippen molar-refractivity contribution in [3.63, 3.8) is 0 Å². The molecule has 3 rings (SSSR count). The van der Waals surface area contributed by atoms with Crippen molar-refractivity contribution >= 4 is 29.0 Å². The molecule has 0 radical (unpaired) electrons. The van der Waals surface area contributed by atoms with Crippen LogP contribution in [0.25, 0.3) is 0 Å². The smallest absolute Gasteiger partial charge is 0.326 e. The van der Waals surface area contributed by atoms with E-state index in [-0.39, 0.29) is 18.4 Å². The van der Waals surface area contributed by atoms with E-state index in [2.05, 4.69) is 5.32 Å². The maximum atomic E-state index is 12.7. The molecule has 0 heterocycles. The van der Waals surface area contributed by atoms with Gasteiger partial charge in [0, 0.05) is 25.5 Å². The lowest BCUT2D eigenvalue weighted by molar-refractivity contribution is -0.117. The molecule has 0 aliphatic rings. The maximum Gasteiger partial charge on any atom is 0.326 e. The quantitative estimate of drug-likeness (QED) is 0.622. The normalized spacial score (nSPS) is 10.3. The number of rotatable bonds is 6. The van der Waals surface area contributed by atoms with Crippen molar-refractivity contribution in [1.29, 1.82) is 0 Å². The van der Waals surface area contributed by atoms with Gasteiger partial charge in [0.25, 0.3) is 0 Å². The first-order valence-corrected chi connectivity index (χ1v) is 9.99. The summed E-state index contributed by atoms with van der Waals surface area (Å²) in [4.78, 5) is 28.5. The number of methoxy groups -OCH3 is 1. The second-order valence-corrected chi connectivity index (χ2v) is 7.27. The minimum atomic E-state index is -0.228. The third-order valence-corrected chi connectivity index (χ3v) is 5.16. The number of likely N-dealkylation sites (N-methyl/N-ethyl adjacent to an activating group) is 1. The predicted octanol–water partition coefficient (Wildman–Crippen LogP) is 4.88. The highest BCUT2D eigenvalue weighted by atomic mass is 16.5. The van der Waals surface area contributed by atoms with Crippen LogP contribution in [0.15, 0.2) is 72.8 Å². The summed E-state index contributed by atoms with van der Waals surface area (Å²) >= 11 is 0. The second-order valence-electron chi connectivity index (χ2n) is 7.27. The molecular formula is C25H27N3O3. The topological polar surface area (TPSA) is 61.9 Å². The number of ether oxygens (including phenoxy) is 1. The molecule has 0 saturated heterocycles. The van der Waals surface area contributed by atoms with Crippen LogP contribution in [-0.4, -0.2) is 33.1 Å². The molecule has 0 saturated carbocycles. The first kappa shape index (κ1) is 21.9. The van der Waals surface area contributed by atoms with Gasteiger partial charge in [-0.15, -0.1) is 0 Å². The van der Waals surface area contributed by atoms with Crippen molar-refractivity contribution in [3.05, 3.63) is 83.9 Å². The SMILES string of the molecule is COc1ccccc1N(C)C(=O)Cc1ccc(NC(=O)N(C)c2ccccc2C)cc1. The van der Waals surface area contributed by atoms with Crippen LogP contribution in [0.3, 0.4) is 0 Å². The number of hydrogen-bond acceptors (Lipinski definition) is 3. The first-order chi connectivity index (χ1) is 14.9. The Hall–Kier alpha value is -3.80. The molecule has 3 aromatic carbocycles. The highest BCUT2D eigenvalue weighted by molar-refractivity contribution is 6.02. The number of amides is 3. The Labute approximate surface area is 183 Å². The maximum absolute atomic E-state index is 12.7. The lowest BCUT2D eigenvalue weighted by atomic mass is 10.1. The molecule has 0 aliphatic heterocycles. The van der Waals surface area contributed by atoms with Gasteiger partial charge in [-0.05, 0) is 48.4 Å². The van der Waals surface area contributed by atoms with Crippen LogP contribution < -0.4 is 19.9 Å². The van der Waals surface area contributed by atoms with E-state index in [4.69, 9.17) is 4.74 Å².